The summed E-state index contributed by atoms with van der Waals surface area (Å²) in [6.07, 6.45) is 0. The number of carbonyl (C=O) groups is 1. The number of nitrogens with two attached hydrogens (primary N) is 2. The molecular weight excluding hydrogens is 210 g/mol. The van der Waals surface area contributed by atoms with E-state index in [0.717, 1.165) is 0 Å². The number of anilines is 1. The number of oxazole rings is 1. The minimum absolute atomic E-state index is 0.382. The minimum atomic E-state index is -0.768. The van der Waals surface area contributed by atoms with Crippen molar-refractivity contribution in [1.29, 1.82) is 0 Å². The fraction of sp³-hybridized carbons (Fsp3) is 0.200. The molecule has 1 atom stereocenters. The summed E-state index contributed by atoms with van der Waals surface area (Å²) in [5, 5.41) is 0. The fourth-order valence-electron chi connectivity index (χ4n) is 1.54. The van der Waals surface area contributed by atoms with Gasteiger partial charge in [-0.15, -0.1) is 0 Å². The fourth-order valence-corrected chi connectivity index (χ4v) is 1.54. The first-order valence-electron chi connectivity index (χ1n) is 4.70. The second-order valence-electron chi connectivity index (χ2n) is 3.54. The van der Waals surface area contributed by atoms with Crippen LogP contribution in [0, 0.1) is 0 Å². The van der Waals surface area contributed by atoms with Crippen LogP contribution in [0.3, 0.4) is 0 Å². The highest BCUT2D eigenvalue weighted by molar-refractivity contribution is 5.82. The van der Waals surface area contributed by atoms with Crippen molar-refractivity contribution >= 4 is 22.7 Å². The lowest BCUT2D eigenvalue weighted by Gasteiger charge is -2.07. The Morgan fingerprint density at radius 3 is 2.81 bits per heavy atom. The third kappa shape index (κ3) is 1.44. The van der Waals surface area contributed by atoms with E-state index in [2.05, 4.69) is 0 Å². The summed E-state index contributed by atoms with van der Waals surface area (Å²) < 4.78 is 6.16. The summed E-state index contributed by atoms with van der Waals surface area (Å²) >= 11 is 0. The lowest BCUT2D eigenvalue weighted by atomic mass is 10.2. The van der Waals surface area contributed by atoms with E-state index in [1.54, 1.807) is 18.2 Å². The van der Waals surface area contributed by atoms with Crippen LogP contribution in [-0.4, -0.2) is 10.5 Å². The molecule has 1 heterocycles. The molecule has 0 saturated carbocycles. The Labute approximate surface area is 90.4 Å². The van der Waals surface area contributed by atoms with Gasteiger partial charge in [0.2, 0.25) is 5.91 Å². The number of benzene rings is 1. The molecule has 0 aliphatic carbocycles. The average Bonchev–Trinajstić information content (AvgIpc) is 2.52. The topological polar surface area (TPSA) is 104 Å². The van der Waals surface area contributed by atoms with Gasteiger partial charge in [-0.3, -0.25) is 9.36 Å². The van der Waals surface area contributed by atoms with Gasteiger partial charge in [0.05, 0.1) is 5.52 Å². The standard InChI is InChI=1S/C10H11N3O3/c1-5(9(12)14)13-7-4-6(11)2-3-8(7)16-10(13)15/h2-5H,11H2,1H3,(H2,12,14). The molecule has 0 radical (unpaired) electrons. The van der Waals surface area contributed by atoms with Crippen molar-refractivity contribution in [3.63, 3.8) is 0 Å². The third-order valence-corrected chi connectivity index (χ3v) is 2.44. The van der Waals surface area contributed by atoms with Crippen LogP contribution >= 0.6 is 0 Å². The molecule has 2 aromatic rings. The van der Waals surface area contributed by atoms with Gasteiger partial charge in [0, 0.05) is 5.69 Å². The number of nitrogen functional groups attached to an aromatic ring is 1. The predicted octanol–water partition coefficient (Wildman–Crippen LogP) is 0.223. The van der Waals surface area contributed by atoms with Gasteiger partial charge >= 0.3 is 5.76 Å². The zero-order valence-electron chi connectivity index (χ0n) is 8.64. The molecule has 0 bridgehead atoms. The lowest BCUT2D eigenvalue weighted by Crippen LogP contribution is -2.29. The summed E-state index contributed by atoms with van der Waals surface area (Å²) in [6, 6.07) is 4.00. The number of fused-ring (bicyclic) bond motifs is 1. The SMILES string of the molecule is CC(C(N)=O)n1c(=O)oc2ccc(N)cc21. The van der Waals surface area contributed by atoms with Crippen LogP contribution in [0.15, 0.2) is 27.4 Å². The Balaban J connectivity index is 2.77. The molecule has 1 amide bonds. The molecule has 4 N–H and O–H groups in total. The van der Waals surface area contributed by atoms with Gasteiger partial charge in [-0.1, -0.05) is 0 Å². The van der Waals surface area contributed by atoms with E-state index in [1.165, 1.54) is 11.5 Å². The molecule has 2 rings (SSSR count). The van der Waals surface area contributed by atoms with Crippen LogP contribution in [0.25, 0.3) is 11.1 Å². The molecule has 6 nitrogen and oxygen atoms in total. The highest BCUT2D eigenvalue weighted by Gasteiger charge is 2.18. The molecule has 0 aliphatic heterocycles. The van der Waals surface area contributed by atoms with Gasteiger partial charge < -0.3 is 15.9 Å². The number of nitrogens with zero attached hydrogens (tertiary/aromatic N) is 1. The number of primary amides is 1. The Kier molecular flexibility index (Phi) is 2.19. The molecule has 1 unspecified atom stereocenters. The second kappa shape index (κ2) is 3.41. The van der Waals surface area contributed by atoms with Gasteiger partial charge in [0.25, 0.3) is 0 Å². The number of carbonyl (C=O) groups excluding carboxylic acids is 1. The van der Waals surface area contributed by atoms with Gasteiger partial charge in [-0.25, -0.2) is 4.79 Å². The Hall–Kier alpha value is -2.24. The quantitative estimate of drug-likeness (QED) is 0.708. The first-order chi connectivity index (χ1) is 7.50. The van der Waals surface area contributed by atoms with Crippen LogP contribution < -0.4 is 17.2 Å². The van der Waals surface area contributed by atoms with Crippen LogP contribution in [0.2, 0.25) is 0 Å². The molecule has 0 fully saturated rings. The zero-order chi connectivity index (χ0) is 11.9. The average molecular weight is 221 g/mol. The number of amides is 1. The molecule has 0 spiro atoms. The van der Waals surface area contributed by atoms with E-state index in [9.17, 15) is 9.59 Å². The van der Waals surface area contributed by atoms with E-state index in [1.807, 2.05) is 0 Å². The Bertz CT molecular complexity index is 611. The summed E-state index contributed by atoms with van der Waals surface area (Å²) in [7, 11) is 0. The molecule has 16 heavy (non-hydrogen) atoms. The van der Waals surface area contributed by atoms with Gasteiger partial charge in [0.1, 0.15) is 6.04 Å². The van der Waals surface area contributed by atoms with Crippen molar-refractivity contribution in [2.45, 2.75) is 13.0 Å². The van der Waals surface area contributed by atoms with Gasteiger partial charge in [-0.05, 0) is 25.1 Å². The van der Waals surface area contributed by atoms with Crippen LogP contribution in [0.1, 0.15) is 13.0 Å². The van der Waals surface area contributed by atoms with Gasteiger partial charge in [-0.2, -0.15) is 0 Å². The van der Waals surface area contributed by atoms with E-state index >= 15 is 0 Å². The Morgan fingerprint density at radius 2 is 2.19 bits per heavy atom. The lowest BCUT2D eigenvalue weighted by molar-refractivity contribution is -0.120. The third-order valence-electron chi connectivity index (χ3n) is 2.44. The normalized spacial score (nSPS) is 12.8. The first-order valence-corrected chi connectivity index (χ1v) is 4.70. The van der Waals surface area contributed by atoms with Crippen LogP contribution in [0.5, 0.6) is 0 Å². The summed E-state index contributed by atoms with van der Waals surface area (Å²) in [6.45, 7) is 1.53. The molecule has 1 aromatic carbocycles. The molecule has 6 heteroatoms. The van der Waals surface area contributed by atoms with E-state index < -0.39 is 17.7 Å². The van der Waals surface area contributed by atoms with Crippen molar-refractivity contribution in [3.05, 3.63) is 28.7 Å². The van der Waals surface area contributed by atoms with Crippen molar-refractivity contribution in [1.82, 2.24) is 4.57 Å². The highest BCUT2D eigenvalue weighted by Crippen LogP contribution is 2.19. The van der Waals surface area contributed by atoms with E-state index in [0.29, 0.717) is 16.8 Å². The maximum atomic E-state index is 11.5. The number of hydrogen-bond acceptors (Lipinski definition) is 4. The largest absolute Gasteiger partial charge is 0.420 e. The molecule has 0 aliphatic rings. The van der Waals surface area contributed by atoms with Gasteiger partial charge in [0.15, 0.2) is 5.58 Å². The monoisotopic (exact) mass is 221 g/mol. The second-order valence-corrected chi connectivity index (χ2v) is 3.54. The maximum absolute atomic E-state index is 11.5. The zero-order valence-corrected chi connectivity index (χ0v) is 8.64. The van der Waals surface area contributed by atoms with Crippen LogP contribution in [0.4, 0.5) is 5.69 Å². The van der Waals surface area contributed by atoms with E-state index in [-0.39, 0.29) is 0 Å². The van der Waals surface area contributed by atoms with E-state index in [4.69, 9.17) is 15.9 Å². The molecular formula is C10H11N3O3. The molecule has 84 valence electrons. The Morgan fingerprint density at radius 1 is 1.50 bits per heavy atom. The van der Waals surface area contributed by atoms with Crippen molar-refractivity contribution < 1.29 is 9.21 Å². The van der Waals surface area contributed by atoms with Crippen molar-refractivity contribution in [2.75, 3.05) is 5.73 Å². The summed E-state index contributed by atoms with van der Waals surface area (Å²) in [5.41, 5.74) is 12.1. The maximum Gasteiger partial charge on any atom is 0.420 e. The van der Waals surface area contributed by atoms with Crippen LogP contribution in [-0.2, 0) is 4.79 Å². The number of hydrogen-bond donors (Lipinski definition) is 2. The number of rotatable bonds is 2. The first kappa shape index (κ1) is 10.3. The smallest absolute Gasteiger partial charge is 0.408 e. The minimum Gasteiger partial charge on any atom is -0.408 e. The predicted molar refractivity (Wildman–Crippen MR) is 58.8 cm³/mol. The molecule has 1 aromatic heterocycles. The summed E-state index contributed by atoms with van der Waals surface area (Å²) in [4.78, 5) is 22.6. The van der Waals surface area contributed by atoms with Crippen molar-refractivity contribution in [3.8, 4) is 0 Å². The molecule has 0 saturated heterocycles. The number of aromatic nitrogens is 1. The highest BCUT2D eigenvalue weighted by atomic mass is 16.4. The van der Waals surface area contributed by atoms with Crippen molar-refractivity contribution in [2.24, 2.45) is 5.73 Å². The summed E-state index contributed by atoms with van der Waals surface area (Å²) in [5.74, 6) is -1.22.